The zero-order valence-electron chi connectivity index (χ0n) is 16.9. The van der Waals surface area contributed by atoms with Crippen LogP contribution >= 0.6 is 0 Å². The number of nitrogens with one attached hydrogen (secondary N) is 1. The Morgan fingerprint density at radius 1 is 1.13 bits per heavy atom. The molecule has 0 saturated carbocycles. The monoisotopic (exact) mass is 436 g/mol. The molecule has 1 aliphatic heterocycles. The number of benzene rings is 2. The third-order valence-electron chi connectivity index (χ3n) is 5.10. The van der Waals surface area contributed by atoms with Gasteiger partial charge in [0.15, 0.2) is 0 Å². The molecular weight excluding hydrogens is 411 g/mol. The molecule has 3 rings (SSSR count). The van der Waals surface area contributed by atoms with E-state index in [-0.39, 0.29) is 17.2 Å². The average molecular weight is 437 g/mol. The molecule has 1 fully saturated rings. The first-order valence-electron chi connectivity index (χ1n) is 9.64. The minimum atomic E-state index is -3.83. The van der Waals surface area contributed by atoms with E-state index in [0.29, 0.717) is 36.6 Å². The van der Waals surface area contributed by atoms with Gasteiger partial charge in [0.2, 0.25) is 15.9 Å². The second-order valence-corrected chi connectivity index (χ2v) is 8.93. The van der Waals surface area contributed by atoms with Gasteiger partial charge in [-0.05, 0) is 49.2 Å². The van der Waals surface area contributed by atoms with Crippen LogP contribution in [0.5, 0.6) is 11.5 Å². The van der Waals surface area contributed by atoms with E-state index < -0.39 is 21.9 Å². The molecule has 1 N–H and O–H groups in total. The van der Waals surface area contributed by atoms with E-state index >= 15 is 0 Å². The van der Waals surface area contributed by atoms with Crippen LogP contribution in [0.15, 0.2) is 47.4 Å². The van der Waals surface area contributed by atoms with Gasteiger partial charge in [-0.3, -0.25) is 4.79 Å². The normalized spacial score (nSPS) is 17.4. The van der Waals surface area contributed by atoms with E-state index in [1.807, 2.05) is 0 Å². The largest absolute Gasteiger partial charge is 0.497 e. The molecule has 0 radical (unpaired) electrons. The molecule has 0 bridgehead atoms. The van der Waals surface area contributed by atoms with Crippen LogP contribution in [0, 0.1) is 5.82 Å². The van der Waals surface area contributed by atoms with Crippen LogP contribution < -0.4 is 14.8 Å². The number of carbonyl (C=O) groups is 1. The van der Waals surface area contributed by atoms with Crippen molar-refractivity contribution in [1.82, 2.24) is 4.31 Å². The molecule has 1 atom stereocenters. The Bertz CT molecular complexity index is 995. The average Bonchev–Trinajstić information content (AvgIpc) is 2.74. The fraction of sp³-hybridized carbons (Fsp3) is 0.381. The number of halogens is 1. The van der Waals surface area contributed by atoms with E-state index in [9.17, 15) is 17.6 Å². The van der Waals surface area contributed by atoms with Crippen molar-refractivity contribution in [2.75, 3.05) is 26.1 Å². The van der Waals surface area contributed by atoms with Gasteiger partial charge in [0.1, 0.15) is 17.3 Å². The van der Waals surface area contributed by atoms with Crippen molar-refractivity contribution in [3.05, 3.63) is 48.3 Å². The first kappa shape index (κ1) is 22.0. The fourth-order valence-corrected chi connectivity index (χ4v) is 5.26. The highest BCUT2D eigenvalue weighted by atomic mass is 32.2. The molecule has 1 aliphatic rings. The third-order valence-corrected chi connectivity index (χ3v) is 7.06. The smallest absolute Gasteiger partial charge is 0.243 e. The van der Waals surface area contributed by atoms with Crippen LogP contribution in [0.25, 0.3) is 0 Å². The highest BCUT2D eigenvalue weighted by Crippen LogP contribution is 2.31. The standard InChI is InChI=1S/C21H25FN2O5S/c1-28-17-8-11-20(29-2)19(14-17)23-21(25)13-16-5-3-4-12-24(16)30(26,27)18-9-6-15(22)7-10-18/h6-11,14,16H,3-5,12-13H2,1-2H3,(H,23,25). The van der Waals surface area contributed by atoms with Gasteiger partial charge in [-0.2, -0.15) is 4.31 Å². The lowest BCUT2D eigenvalue weighted by Gasteiger charge is -2.34. The molecule has 0 aliphatic carbocycles. The molecular formula is C21H25FN2O5S. The Kier molecular flexibility index (Phi) is 6.94. The fourth-order valence-electron chi connectivity index (χ4n) is 3.56. The molecule has 2 aromatic rings. The molecule has 1 unspecified atom stereocenters. The molecule has 0 aromatic heterocycles. The van der Waals surface area contributed by atoms with Crippen molar-refractivity contribution in [3.8, 4) is 11.5 Å². The van der Waals surface area contributed by atoms with Crippen LogP contribution in [0.2, 0.25) is 0 Å². The number of nitrogens with zero attached hydrogens (tertiary/aromatic N) is 1. The summed E-state index contributed by atoms with van der Waals surface area (Å²) in [5, 5.41) is 2.79. The number of rotatable bonds is 7. The van der Waals surface area contributed by atoms with Gasteiger partial charge in [0.05, 0.1) is 24.8 Å². The van der Waals surface area contributed by atoms with E-state index in [1.54, 1.807) is 18.2 Å². The zero-order chi connectivity index (χ0) is 21.7. The summed E-state index contributed by atoms with van der Waals surface area (Å²) >= 11 is 0. The maximum absolute atomic E-state index is 13.2. The van der Waals surface area contributed by atoms with Crippen molar-refractivity contribution in [1.29, 1.82) is 0 Å². The highest BCUT2D eigenvalue weighted by Gasteiger charge is 2.34. The Morgan fingerprint density at radius 2 is 1.87 bits per heavy atom. The van der Waals surface area contributed by atoms with E-state index in [0.717, 1.165) is 18.6 Å². The van der Waals surface area contributed by atoms with Crippen molar-refractivity contribution in [3.63, 3.8) is 0 Å². The molecule has 1 saturated heterocycles. The maximum atomic E-state index is 13.2. The summed E-state index contributed by atoms with van der Waals surface area (Å²) in [4.78, 5) is 12.7. The number of piperidine rings is 1. The molecule has 1 heterocycles. The van der Waals surface area contributed by atoms with E-state index in [4.69, 9.17) is 9.47 Å². The van der Waals surface area contributed by atoms with Crippen molar-refractivity contribution < 1.29 is 27.1 Å². The lowest BCUT2D eigenvalue weighted by atomic mass is 10.0. The Hall–Kier alpha value is -2.65. The summed E-state index contributed by atoms with van der Waals surface area (Å²) in [5.41, 5.74) is 0.450. The number of ether oxygens (including phenoxy) is 2. The van der Waals surface area contributed by atoms with Crippen LogP contribution in [0.4, 0.5) is 10.1 Å². The zero-order valence-corrected chi connectivity index (χ0v) is 17.7. The molecule has 9 heteroatoms. The lowest BCUT2D eigenvalue weighted by Crippen LogP contribution is -2.45. The maximum Gasteiger partial charge on any atom is 0.243 e. The minimum Gasteiger partial charge on any atom is -0.497 e. The van der Waals surface area contributed by atoms with Crippen LogP contribution in [0.1, 0.15) is 25.7 Å². The molecule has 30 heavy (non-hydrogen) atoms. The number of hydrogen-bond donors (Lipinski definition) is 1. The van der Waals surface area contributed by atoms with Gasteiger partial charge in [-0.1, -0.05) is 6.42 Å². The Morgan fingerprint density at radius 3 is 2.53 bits per heavy atom. The van der Waals surface area contributed by atoms with Gasteiger partial charge in [0.25, 0.3) is 0 Å². The number of amides is 1. The predicted octanol–water partition coefficient (Wildman–Crippen LogP) is 3.41. The van der Waals surface area contributed by atoms with Gasteiger partial charge < -0.3 is 14.8 Å². The number of hydrogen-bond acceptors (Lipinski definition) is 5. The summed E-state index contributed by atoms with van der Waals surface area (Å²) in [6.45, 7) is 0.320. The van der Waals surface area contributed by atoms with Gasteiger partial charge in [-0.25, -0.2) is 12.8 Å². The summed E-state index contributed by atoms with van der Waals surface area (Å²) < 4.78 is 51.2. The summed E-state index contributed by atoms with van der Waals surface area (Å²) in [6, 6.07) is 9.29. The second kappa shape index (κ2) is 9.44. The Labute approximate surface area is 175 Å². The number of sulfonamides is 1. The minimum absolute atomic E-state index is 0.000782. The van der Waals surface area contributed by atoms with Crippen LogP contribution in [0.3, 0.4) is 0 Å². The molecule has 7 nitrogen and oxygen atoms in total. The lowest BCUT2D eigenvalue weighted by molar-refractivity contribution is -0.117. The van der Waals surface area contributed by atoms with Crippen LogP contribution in [-0.4, -0.2) is 45.4 Å². The SMILES string of the molecule is COc1ccc(OC)c(NC(=O)CC2CCCCN2S(=O)(=O)c2ccc(F)cc2)c1. The topological polar surface area (TPSA) is 84.9 Å². The third kappa shape index (κ3) is 4.91. The predicted molar refractivity (Wildman–Crippen MR) is 111 cm³/mol. The van der Waals surface area contributed by atoms with Crippen molar-refractivity contribution >= 4 is 21.6 Å². The first-order valence-corrected chi connectivity index (χ1v) is 11.1. The van der Waals surface area contributed by atoms with Gasteiger partial charge in [0, 0.05) is 25.1 Å². The van der Waals surface area contributed by atoms with Crippen molar-refractivity contribution in [2.24, 2.45) is 0 Å². The highest BCUT2D eigenvalue weighted by molar-refractivity contribution is 7.89. The molecule has 162 valence electrons. The number of anilines is 1. The first-order chi connectivity index (χ1) is 14.3. The van der Waals surface area contributed by atoms with Crippen molar-refractivity contribution in [2.45, 2.75) is 36.6 Å². The Balaban J connectivity index is 1.77. The number of methoxy groups -OCH3 is 2. The molecule has 0 spiro atoms. The summed E-state index contributed by atoms with van der Waals surface area (Å²) in [6.07, 6.45) is 2.11. The van der Waals surface area contributed by atoms with Gasteiger partial charge in [-0.15, -0.1) is 0 Å². The summed E-state index contributed by atoms with van der Waals surface area (Å²) in [5.74, 6) is 0.205. The van der Waals surface area contributed by atoms with E-state index in [2.05, 4.69) is 5.32 Å². The van der Waals surface area contributed by atoms with Gasteiger partial charge >= 0.3 is 0 Å². The number of carbonyl (C=O) groups excluding carboxylic acids is 1. The second-order valence-electron chi connectivity index (χ2n) is 7.04. The van der Waals surface area contributed by atoms with Crippen LogP contribution in [-0.2, 0) is 14.8 Å². The molecule has 1 amide bonds. The van der Waals surface area contributed by atoms with E-state index in [1.165, 1.54) is 30.7 Å². The molecule has 2 aromatic carbocycles. The quantitative estimate of drug-likeness (QED) is 0.719. The summed E-state index contributed by atoms with van der Waals surface area (Å²) in [7, 11) is -0.811.